The van der Waals surface area contributed by atoms with E-state index in [2.05, 4.69) is 13.8 Å². The summed E-state index contributed by atoms with van der Waals surface area (Å²) < 4.78 is 5.94. The Hall–Kier alpha value is -1.34. The number of hydrogen-bond acceptors (Lipinski definition) is 5. The molecule has 1 unspecified atom stereocenters. The van der Waals surface area contributed by atoms with Crippen LogP contribution in [0.25, 0.3) is 0 Å². The first-order chi connectivity index (χ1) is 15.6. The molecule has 1 heterocycles. The molecule has 0 bridgehead atoms. The van der Waals surface area contributed by atoms with E-state index in [0.717, 1.165) is 64.2 Å². The molecule has 4 aliphatic carbocycles. The Balaban J connectivity index is 1.27. The van der Waals surface area contributed by atoms with Crippen molar-refractivity contribution in [1.82, 2.24) is 4.90 Å². The molecular weight excluding hydrogens is 420 g/mol. The van der Waals surface area contributed by atoms with Crippen molar-refractivity contribution in [2.24, 2.45) is 40.2 Å². The predicted molar refractivity (Wildman–Crippen MR) is 123 cm³/mol. The van der Waals surface area contributed by atoms with Gasteiger partial charge in [0.2, 0.25) is 0 Å². The van der Waals surface area contributed by atoms with E-state index in [9.17, 15) is 19.8 Å². The van der Waals surface area contributed by atoms with Crippen molar-refractivity contribution in [3.63, 3.8) is 0 Å². The van der Waals surface area contributed by atoms with Crippen LogP contribution in [0.3, 0.4) is 0 Å². The van der Waals surface area contributed by atoms with Gasteiger partial charge in [-0.25, -0.2) is 4.79 Å². The molecule has 5 fully saturated rings. The maximum atomic E-state index is 12.7. The van der Waals surface area contributed by atoms with Crippen LogP contribution in [0.5, 0.6) is 0 Å². The van der Waals surface area contributed by atoms with Crippen LogP contribution < -0.4 is 5.73 Å². The van der Waals surface area contributed by atoms with Crippen molar-refractivity contribution in [3.8, 4) is 0 Å². The second kappa shape index (κ2) is 8.11. The van der Waals surface area contributed by atoms with E-state index >= 15 is 0 Å². The van der Waals surface area contributed by atoms with Gasteiger partial charge in [-0.2, -0.15) is 0 Å². The minimum absolute atomic E-state index is 0.0465. The van der Waals surface area contributed by atoms with E-state index in [-0.39, 0.29) is 34.5 Å². The van der Waals surface area contributed by atoms with Gasteiger partial charge in [-0.1, -0.05) is 13.8 Å². The smallest absolute Gasteiger partial charge is 0.410 e. The number of piperidine rings is 1. The third-order valence-corrected chi connectivity index (χ3v) is 11.2. The van der Waals surface area contributed by atoms with Crippen LogP contribution >= 0.6 is 0 Å². The first-order valence-corrected chi connectivity index (χ1v) is 13.2. The zero-order valence-electron chi connectivity index (χ0n) is 20.3. The fourth-order valence-corrected chi connectivity index (χ4v) is 9.13. The average molecular weight is 463 g/mol. The Morgan fingerprint density at radius 3 is 2.52 bits per heavy atom. The Morgan fingerprint density at radius 2 is 1.79 bits per heavy atom. The largest absolute Gasteiger partial charge is 0.481 e. The van der Waals surface area contributed by atoms with Gasteiger partial charge in [-0.3, -0.25) is 4.79 Å². The number of likely N-dealkylation sites (tertiary alicyclic amines) is 1. The highest BCUT2D eigenvalue weighted by atomic mass is 16.6. The lowest BCUT2D eigenvalue weighted by Crippen LogP contribution is -2.66. The first-order valence-electron chi connectivity index (χ1n) is 13.2. The summed E-state index contributed by atoms with van der Waals surface area (Å²) in [5, 5.41) is 19.8. The highest BCUT2D eigenvalue weighted by Gasteiger charge is 2.67. The van der Waals surface area contributed by atoms with E-state index in [4.69, 9.17) is 10.5 Å². The number of amides is 1. The van der Waals surface area contributed by atoms with Crippen LogP contribution in [0.1, 0.15) is 84.5 Å². The van der Waals surface area contributed by atoms with Crippen molar-refractivity contribution in [1.29, 1.82) is 0 Å². The molecule has 5 rings (SSSR count). The number of rotatable bonds is 2. The number of nitrogens with two attached hydrogens (primary N) is 1. The second-order valence-corrected chi connectivity index (χ2v) is 12.4. The summed E-state index contributed by atoms with van der Waals surface area (Å²) in [5.41, 5.74) is 6.68. The van der Waals surface area contributed by atoms with Gasteiger partial charge in [0.1, 0.15) is 6.10 Å². The van der Waals surface area contributed by atoms with Crippen LogP contribution in [-0.4, -0.2) is 58.0 Å². The van der Waals surface area contributed by atoms with Crippen LogP contribution in [0, 0.1) is 34.5 Å². The molecule has 9 atom stereocenters. The summed E-state index contributed by atoms with van der Waals surface area (Å²) in [6.07, 6.45) is 9.29. The summed E-state index contributed by atoms with van der Waals surface area (Å²) in [6, 6.07) is 0. The molecule has 7 nitrogen and oxygen atoms in total. The second-order valence-electron chi connectivity index (χ2n) is 12.4. The van der Waals surface area contributed by atoms with E-state index in [1.54, 1.807) is 4.90 Å². The molecular formula is C26H42N2O5. The molecule has 4 N–H and O–H groups in total. The summed E-state index contributed by atoms with van der Waals surface area (Å²) in [7, 11) is 0. The minimum atomic E-state index is -0.674. The molecule has 5 aliphatic rings. The van der Waals surface area contributed by atoms with E-state index in [1.807, 2.05) is 0 Å². The van der Waals surface area contributed by atoms with Crippen LogP contribution in [0.15, 0.2) is 0 Å². The zero-order chi connectivity index (χ0) is 23.6. The normalized spacial score (nSPS) is 49.5. The van der Waals surface area contributed by atoms with Gasteiger partial charge in [0.05, 0.1) is 12.0 Å². The Bertz CT molecular complexity index is 806. The lowest BCUT2D eigenvalue weighted by molar-refractivity contribution is -0.157. The third kappa shape index (κ3) is 3.51. The predicted octanol–water partition coefficient (Wildman–Crippen LogP) is 3.77. The van der Waals surface area contributed by atoms with Crippen molar-refractivity contribution < 1.29 is 24.5 Å². The third-order valence-electron chi connectivity index (χ3n) is 11.2. The van der Waals surface area contributed by atoms with Crippen LogP contribution in [0.4, 0.5) is 4.79 Å². The topological polar surface area (TPSA) is 113 Å². The quantitative estimate of drug-likeness (QED) is 0.576. The number of β-amino-alcohol motifs (C(OH)–C–C–N with tert-alkyl or cyclic N) is 1. The number of ether oxygens (including phenoxy) is 1. The van der Waals surface area contributed by atoms with Crippen molar-refractivity contribution >= 4 is 12.1 Å². The van der Waals surface area contributed by atoms with Gasteiger partial charge >= 0.3 is 12.1 Å². The molecule has 4 saturated carbocycles. The number of aliphatic hydroxyl groups is 1. The number of nitrogens with zero attached hydrogens (tertiary/aromatic N) is 1. The first kappa shape index (κ1) is 23.4. The SMILES string of the molecule is C[C@]12CC[C@H](OC(=O)N3CCCC(O)C3)C[C@H]1CC[C@@H]1[C@@H]2CC[C@]2(C)[C@@H](C(=O)O)CC[C@]12N. The maximum absolute atomic E-state index is 12.7. The van der Waals surface area contributed by atoms with Crippen LogP contribution in [-0.2, 0) is 9.53 Å². The molecule has 0 aromatic rings. The number of aliphatic hydroxyl groups excluding tert-OH is 1. The summed E-state index contributed by atoms with van der Waals surface area (Å²) in [4.78, 5) is 26.4. The van der Waals surface area contributed by atoms with Gasteiger partial charge in [-0.05, 0) is 99.2 Å². The number of carboxylic acid groups (broad SMARTS) is 1. The molecule has 0 aromatic carbocycles. The summed E-state index contributed by atoms with van der Waals surface area (Å²) >= 11 is 0. The number of carbonyl (C=O) groups is 2. The Labute approximate surface area is 197 Å². The zero-order valence-corrected chi connectivity index (χ0v) is 20.3. The van der Waals surface area contributed by atoms with E-state index in [0.29, 0.717) is 37.3 Å². The maximum Gasteiger partial charge on any atom is 0.410 e. The molecule has 33 heavy (non-hydrogen) atoms. The molecule has 186 valence electrons. The molecule has 7 heteroatoms. The van der Waals surface area contributed by atoms with Gasteiger partial charge in [0.15, 0.2) is 0 Å². The molecule has 1 amide bonds. The Kier molecular flexibility index (Phi) is 5.75. The number of carboxylic acids is 1. The number of aliphatic carboxylic acids is 1. The lowest BCUT2D eigenvalue weighted by Gasteiger charge is -2.64. The average Bonchev–Trinajstić information content (AvgIpc) is 3.05. The number of carbonyl (C=O) groups excluding carboxylic acids is 1. The molecule has 0 spiro atoms. The van der Waals surface area contributed by atoms with Crippen molar-refractivity contribution in [2.75, 3.05) is 13.1 Å². The van der Waals surface area contributed by atoms with Crippen LogP contribution in [0.2, 0.25) is 0 Å². The Morgan fingerprint density at radius 1 is 1.00 bits per heavy atom. The van der Waals surface area contributed by atoms with E-state index in [1.165, 1.54) is 0 Å². The molecule has 1 saturated heterocycles. The lowest BCUT2D eigenvalue weighted by atomic mass is 9.42. The van der Waals surface area contributed by atoms with Crippen molar-refractivity contribution in [2.45, 2.75) is 102 Å². The highest BCUT2D eigenvalue weighted by Crippen LogP contribution is 2.68. The van der Waals surface area contributed by atoms with Gasteiger partial charge < -0.3 is 25.6 Å². The van der Waals surface area contributed by atoms with E-state index < -0.39 is 12.1 Å². The molecule has 0 radical (unpaired) electrons. The van der Waals surface area contributed by atoms with Gasteiger partial charge in [0.25, 0.3) is 0 Å². The standard InChI is InChI=1S/C26H42N2O5/c1-24-10-7-18(33-23(32)28-13-3-4-17(29)15-28)14-16(24)5-6-20-19(24)8-11-25(2)21(22(30)31)9-12-26(20,25)27/h16-21,29H,3-15,27H2,1-2H3,(H,30,31)/t16-,17?,18+,19+,20-,21-,24+,25-,26+/m1/s1. The molecule has 1 aliphatic heterocycles. The highest BCUT2D eigenvalue weighted by molar-refractivity contribution is 5.72. The fraction of sp³-hybridized carbons (Fsp3) is 0.923. The van der Waals surface area contributed by atoms with Crippen molar-refractivity contribution in [3.05, 3.63) is 0 Å². The fourth-order valence-electron chi connectivity index (χ4n) is 9.13. The molecule has 0 aromatic heterocycles. The van der Waals surface area contributed by atoms with Gasteiger partial charge in [0, 0.05) is 18.6 Å². The summed E-state index contributed by atoms with van der Waals surface area (Å²) in [6.45, 7) is 5.63. The monoisotopic (exact) mass is 462 g/mol. The minimum Gasteiger partial charge on any atom is -0.481 e. The number of fused-ring (bicyclic) bond motifs is 5. The number of hydrogen-bond donors (Lipinski definition) is 3. The van der Waals surface area contributed by atoms with Gasteiger partial charge in [-0.15, -0.1) is 0 Å². The summed E-state index contributed by atoms with van der Waals surface area (Å²) in [5.74, 6) is 0.428.